The highest BCUT2D eigenvalue weighted by atomic mass is 127. The van der Waals surface area contributed by atoms with E-state index in [9.17, 15) is 14.5 Å². The van der Waals surface area contributed by atoms with Gasteiger partial charge >= 0.3 is 0 Å². The van der Waals surface area contributed by atoms with Gasteiger partial charge in [0, 0.05) is 17.4 Å². The summed E-state index contributed by atoms with van der Waals surface area (Å²) in [7, 11) is 0. The summed E-state index contributed by atoms with van der Waals surface area (Å²) in [5.74, 6) is -0.525. The summed E-state index contributed by atoms with van der Waals surface area (Å²) < 4.78 is 13.8. The summed E-state index contributed by atoms with van der Waals surface area (Å²) >= 11 is 7.46. The van der Waals surface area contributed by atoms with Gasteiger partial charge < -0.3 is 5.32 Å². The van der Waals surface area contributed by atoms with Crippen LogP contribution in [-0.4, -0.2) is 4.92 Å². The Bertz CT molecular complexity index is 652. The van der Waals surface area contributed by atoms with Crippen LogP contribution in [0.1, 0.15) is 0 Å². The van der Waals surface area contributed by atoms with Crippen molar-refractivity contribution in [1.82, 2.24) is 0 Å². The van der Waals surface area contributed by atoms with Gasteiger partial charge in [-0.15, -0.1) is 0 Å². The number of nitro benzene ring substituents is 1. The van der Waals surface area contributed by atoms with E-state index in [-0.39, 0.29) is 10.7 Å². The first-order valence-corrected chi connectivity index (χ1v) is 6.59. The molecule has 0 aliphatic rings. The van der Waals surface area contributed by atoms with Gasteiger partial charge in [0.1, 0.15) is 5.82 Å². The molecule has 0 heterocycles. The third-order valence-corrected chi connectivity index (χ3v) is 3.52. The lowest BCUT2D eigenvalue weighted by Gasteiger charge is -2.07. The van der Waals surface area contributed by atoms with E-state index in [2.05, 4.69) is 5.32 Å². The highest BCUT2D eigenvalue weighted by Gasteiger charge is 2.11. The topological polar surface area (TPSA) is 55.2 Å². The average molecular weight is 393 g/mol. The Balaban J connectivity index is 2.26. The van der Waals surface area contributed by atoms with Gasteiger partial charge in [-0.3, -0.25) is 10.1 Å². The van der Waals surface area contributed by atoms with Crippen molar-refractivity contribution in [1.29, 1.82) is 0 Å². The van der Waals surface area contributed by atoms with E-state index in [4.69, 9.17) is 11.6 Å². The maximum Gasteiger partial charge on any atom is 0.282 e. The maximum absolute atomic E-state index is 13.3. The van der Waals surface area contributed by atoms with Crippen LogP contribution >= 0.6 is 34.2 Å². The van der Waals surface area contributed by atoms with Gasteiger partial charge in [0.2, 0.25) is 0 Å². The molecule has 2 aromatic carbocycles. The van der Waals surface area contributed by atoms with Crippen LogP contribution in [0, 0.1) is 19.5 Å². The van der Waals surface area contributed by atoms with Crippen LogP contribution in [0.25, 0.3) is 0 Å². The van der Waals surface area contributed by atoms with Crippen molar-refractivity contribution < 1.29 is 9.31 Å². The van der Waals surface area contributed by atoms with Crippen molar-refractivity contribution in [3.8, 4) is 0 Å². The van der Waals surface area contributed by atoms with Gasteiger partial charge in [-0.1, -0.05) is 11.6 Å². The molecule has 2 aromatic rings. The number of hydrogen-bond acceptors (Lipinski definition) is 3. The molecule has 0 bridgehead atoms. The van der Waals surface area contributed by atoms with Crippen molar-refractivity contribution in [2.75, 3.05) is 5.32 Å². The minimum absolute atomic E-state index is 0.0356. The molecule has 4 nitrogen and oxygen atoms in total. The molecule has 0 fully saturated rings. The second-order valence-electron chi connectivity index (χ2n) is 3.68. The first kappa shape index (κ1) is 14.0. The predicted octanol–water partition coefficient (Wildman–Crippen LogP) is 4.74. The molecule has 0 saturated heterocycles. The summed E-state index contributed by atoms with van der Waals surface area (Å²) in [5, 5.41) is 13.7. The van der Waals surface area contributed by atoms with E-state index in [1.165, 1.54) is 18.2 Å². The van der Waals surface area contributed by atoms with E-state index < -0.39 is 10.7 Å². The van der Waals surface area contributed by atoms with Gasteiger partial charge in [0.15, 0.2) is 0 Å². The van der Waals surface area contributed by atoms with Crippen molar-refractivity contribution in [2.24, 2.45) is 0 Å². The smallest absolute Gasteiger partial charge is 0.282 e. The minimum atomic E-state index is -0.525. The van der Waals surface area contributed by atoms with E-state index in [0.29, 0.717) is 14.9 Å². The SMILES string of the molecule is O=[N+]([O-])c1ccc(Nc2ccc(Cl)c(F)c2)cc1I. The third kappa shape index (κ3) is 3.32. The molecule has 1 N–H and O–H groups in total. The lowest BCUT2D eigenvalue weighted by Crippen LogP contribution is -1.95. The molecule has 0 atom stereocenters. The summed E-state index contributed by atoms with van der Waals surface area (Å²) in [6.45, 7) is 0. The highest BCUT2D eigenvalue weighted by molar-refractivity contribution is 14.1. The fourth-order valence-electron chi connectivity index (χ4n) is 1.47. The third-order valence-electron chi connectivity index (χ3n) is 2.35. The van der Waals surface area contributed by atoms with E-state index in [1.54, 1.807) is 18.2 Å². The molecule has 2 rings (SSSR count). The average Bonchev–Trinajstić information content (AvgIpc) is 2.33. The second-order valence-corrected chi connectivity index (χ2v) is 5.25. The number of halogens is 3. The van der Waals surface area contributed by atoms with Crippen molar-refractivity contribution in [3.63, 3.8) is 0 Å². The van der Waals surface area contributed by atoms with Crippen LogP contribution in [-0.2, 0) is 0 Å². The number of hydrogen-bond donors (Lipinski definition) is 1. The van der Waals surface area contributed by atoms with Gasteiger partial charge in [0.25, 0.3) is 5.69 Å². The molecular weight excluding hydrogens is 385 g/mol. The molecule has 0 amide bonds. The van der Waals surface area contributed by atoms with Crippen LogP contribution < -0.4 is 5.32 Å². The van der Waals surface area contributed by atoms with E-state index >= 15 is 0 Å². The Kier molecular flexibility index (Phi) is 4.20. The quantitative estimate of drug-likeness (QED) is 0.466. The first-order valence-electron chi connectivity index (χ1n) is 5.13. The Labute approximate surface area is 126 Å². The number of anilines is 2. The number of nitrogens with zero attached hydrogens (tertiary/aromatic N) is 1. The number of nitro groups is 1. The lowest BCUT2D eigenvalue weighted by atomic mass is 10.2. The largest absolute Gasteiger partial charge is 0.355 e. The summed E-state index contributed by atoms with van der Waals surface area (Å²) in [6, 6.07) is 8.90. The Morgan fingerprint density at radius 3 is 2.42 bits per heavy atom. The zero-order valence-electron chi connectivity index (χ0n) is 9.36. The summed E-state index contributed by atoms with van der Waals surface area (Å²) in [5.41, 5.74) is 1.19. The molecule has 0 aliphatic heterocycles. The van der Waals surface area contributed by atoms with Gasteiger partial charge in [-0.2, -0.15) is 0 Å². The molecule has 0 spiro atoms. The normalized spacial score (nSPS) is 10.3. The standard InChI is InChI=1S/C12H7ClFIN2O2/c13-9-3-1-7(5-10(9)14)16-8-2-4-12(17(18)19)11(15)6-8/h1-6,16H. The molecule has 19 heavy (non-hydrogen) atoms. The molecule has 0 aromatic heterocycles. The fraction of sp³-hybridized carbons (Fsp3) is 0. The van der Waals surface area contributed by atoms with Crippen LogP contribution in [0.15, 0.2) is 36.4 Å². The van der Waals surface area contributed by atoms with E-state index in [0.717, 1.165) is 0 Å². The molecular formula is C12H7ClFIN2O2. The highest BCUT2D eigenvalue weighted by Crippen LogP contribution is 2.27. The van der Waals surface area contributed by atoms with E-state index in [1.807, 2.05) is 22.6 Å². The van der Waals surface area contributed by atoms with Crippen LogP contribution in [0.3, 0.4) is 0 Å². The van der Waals surface area contributed by atoms with Gasteiger partial charge in [0.05, 0.1) is 13.5 Å². The zero-order chi connectivity index (χ0) is 14.0. The molecule has 98 valence electrons. The van der Waals surface area contributed by atoms with Crippen LogP contribution in [0.5, 0.6) is 0 Å². The number of nitrogens with one attached hydrogen (secondary N) is 1. The summed E-state index contributed by atoms with van der Waals surface area (Å²) in [4.78, 5) is 10.2. The van der Waals surface area contributed by atoms with Crippen molar-refractivity contribution in [2.45, 2.75) is 0 Å². The summed E-state index contributed by atoms with van der Waals surface area (Å²) in [6.07, 6.45) is 0. The van der Waals surface area contributed by atoms with Gasteiger partial charge in [-0.05, 0) is 52.9 Å². The molecule has 0 unspecified atom stereocenters. The number of benzene rings is 2. The fourth-order valence-corrected chi connectivity index (χ4v) is 2.30. The van der Waals surface area contributed by atoms with Crippen molar-refractivity contribution in [3.05, 3.63) is 60.9 Å². The van der Waals surface area contributed by atoms with Crippen LogP contribution in [0.4, 0.5) is 21.5 Å². The molecule has 0 radical (unpaired) electrons. The van der Waals surface area contributed by atoms with Crippen molar-refractivity contribution >= 4 is 51.3 Å². The molecule has 0 saturated carbocycles. The maximum atomic E-state index is 13.3. The second kappa shape index (κ2) is 5.70. The number of rotatable bonds is 3. The van der Waals surface area contributed by atoms with Gasteiger partial charge in [-0.25, -0.2) is 4.39 Å². The Morgan fingerprint density at radius 1 is 1.21 bits per heavy atom. The zero-order valence-corrected chi connectivity index (χ0v) is 12.3. The minimum Gasteiger partial charge on any atom is -0.355 e. The Hall–Kier alpha value is -1.41. The first-order chi connectivity index (χ1) is 8.97. The molecule has 0 aliphatic carbocycles. The predicted molar refractivity (Wildman–Crippen MR) is 80.5 cm³/mol. The monoisotopic (exact) mass is 392 g/mol. The Morgan fingerprint density at radius 2 is 1.84 bits per heavy atom. The lowest BCUT2D eigenvalue weighted by molar-refractivity contribution is -0.385. The van der Waals surface area contributed by atoms with Crippen LogP contribution in [0.2, 0.25) is 5.02 Å². The molecule has 7 heteroatoms.